The number of aromatic nitrogens is 1. The summed E-state index contributed by atoms with van der Waals surface area (Å²) in [5, 5.41) is 3.00. The molecule has 0 aliphatic heterocycles. The molecule has 3 heteroatoms. The molecular weight excluding hydrogens is 164 g/mol. The third-order valence-corrected chi connectivity index (χ3v) is 2.48. The molecule has 1 aromatic heterocycles. The van der Waals surface area contributed by atoms with Crippen molar-refractivity contribution >= 4 is 5.91 Å². The fourth-order valence-electron chi connectivity index (χ4n) is 1.48. The predicted molar refractivity (Wildman–Crippen MR) is 50.3 cm³/mol. The van der Waals surface area contributed by atoms with Crippen LogP contribution >= 0.6 is 0 Å². The minimum atomic E-state index is 0.132. The van der Waals surface area contributed by atoms with Crippen LogP contribution in [0, 0.1) is 0 Å². The topological polar surface area (TPSA) is 44.9 Å². The highest BCUT2D eigenvalue weighted by Gasteiger charge is 2.19. The first-order valence-corrected chi connectivity index (χ1v) is 4.76. The Hall–Kier alpha value is -1.25. The fourth-order valence-corrected chi connectivity index (χ4v) is 1.48. The molecule has 0 unspecified atom stereocenters. The van der Waals surface area contributed by atoms with Crippen LogP contribution in [0.4, 0.5) is 0 Å². The Labute approximate surface area is 77.5 Å². The van der Waals surface area contributed by atoms with E-state index in [1.165, 1.54) is 6.42 Å². The van der Waals surface area contributed by atoms with Crippen molar-refractivity contribution in [3.05, 3.63) is 24.0 Å². The second kappa shape index (κ2) is 3.64. The van der Waals surface area contributed by atoms with Gasteiger partial charge in [-0.3, -0.25) is 4.79 Å². The van der Waals surface area contributed by atoms with Gasteiger partial charge in [-0.05, 0) is 31.4 Å². The molecule has 0 radical (unpaired) electrons. The van der Waals surface area contributed by atoms with Gasteiger partial charge in [0.25, 0.3) is 0 Å². The van der Waals surface area contributed by atoms with Crippen molar-refractivity contribution in [2.24, 2.45) is 0 Å². The maximum absolute atomic E-state index is 11.4. The molecule has 0 spiro atoms. The lowest BCUT2D eigenvalue weighted by Crippen LogP contribution is -2.40. The largest absolute Gasteiger partial charge is 0.365 e. The maximum Gasteiger partial charge on any atom is 0.226 e. The number of rotatable bonds is 3. The van der Waals surface area contributed by atoms with E-state index in [1.807, 2.05) is 18.3 Å². The van der Waals surface area contributed by atoms with E-state index in [9.17, 15) is 4.79 Å². The number of hydrogen-bond donors (Lipinski definition) is 2. The van der Waals surface area contributed by atoms with E-state index in [0.717, 1.165) is 18.5 Å². The van der Waals surface area contributed by atoms with Gasteiger partial charge in [-0.1, -0.05) is 0 Å². The van der Waals surface area contributed by atoms with E-state index in [0.29, 0.717) is 12.5 Å². The van der Waals surface area contributed by atoms with Crippen molar-refractivity contribution in [1.82, 2.24) is 10.3 Å². The van der Waals surface area contributed by atoms with E-state index in [2.05, 4.69) is 10.3 Å². The van der Waals surface area contributed by atoms with Gasteiger partial charge in [0.2, 0.25) is 5.91 Å². The zero-order valence-corrected chi connectivity index (χ0v) is 7.55. The van der Waals surface area contributed by atoms with Crippen LogP contribution in [-0.2, 0) is 11.2 Å². The second-order valence-electron chi connectivity index (χ2n) is 3.57. The summed E-state index contributed by atoms with van der Waals surface area (Å²) in [7, 11) is 0. The molecule has 0 bridgehead atoms. The molecule has 1 amide bonds. The van der Waals surface area contributed by atoms with Crippen molar-refractivity contribution in [1.29, 1.82) is 0 Å². The van der Waals surface area contributed by atoms with Crippen molar-refractivity contribution in [3.8, 4) is 0 Å². The molecule has 1 fully saturated rings. The van der Waals surface area contributed by atoms with Gasteiger partial charge >= 0.3 is 0 Å². The number of aromatic amines is 1. The Morgan fingerprint density at radius 2 is 2.46 bits per heavy atom. The van der Waals surface area contributed by atoms with E-state index >= 15 is 0 Å². The van der Waals surface area contributed by atoms with Crippen LogP contribution in [0.1, 0.15) is 25.0 Å². The number of carbonyl (C=O) groups is 1. The SMILES string of the molecule is O=C(Cc1ccc[nH]1)NC1CCC1. The van der Waals surface area contributed by atoms with Crippen LogP contribution < -0.4 is 5.32 Å². The number of H-pyrrole nitrogens is 1. The zero-order valence-electron chi connectivity index (χ0n) is 7.55. The molecule has 13 heavy (non-hydrogen) atoms. The molecule has 1 aliphatic rings. The van der Waals surface area contributed by atoms with Crippen molar-refractivity contribution in [2.45, 2.75) is 31.7 Å². The average Bonchev–Trinajstić information content (AvgIpc) is 2.49. The Morgan fingerprint density at radius 3 is 3.00 bits per heavy atom. The molecule has 0 saturated heterocycles. The van der Waals surface area contributed by atoms with Crippen LogP contribution in [0.3, 0.4) is 0 Å². The standard InChI is InChI=1S/C10H14N2O/c13-10(12-8-3-1-4-8)7-9-5-2-6-11-9/h2,5-6,8,11H,1,3-4,7H2,(H,12,13). The first-order valence-electron chi connectivity index (χ1n) is 4.76. The summed E-state index contributed by atoms with van der Waals surface area (Å²) < 4.78 is 0. The monoisotopic (exact) mass is 178 g/mol. The Morgan fingerprint density at radius 1 is 1.62 bits per heavy atom. The van der Waals surface area contributed by atoms with Crippen molar-refractivity contribution in [3.63, 3.8) is 0 Å². The molecule has 2 rings (SSSR count). The molecule has 3 nitrogen and oxygen atoms in total. The van der Waals surface area contributed by atoms with Crippen molar-refractivity contribution < 1.29 is 4.79 Å². The summed E-state index contributed by atoms with van der Waals surface area (Å²) in [6.07, 6.45) is 5.87. The highest BCUT2D eigenvalue weighted by atomic mass is 16.1. The second-order valence-corrected chi connectivity index (χ2v) is 3.57. The minimum Gasteiger partial charge on any atom is -0.365 e. The summed E-state index contributed by atoms with van der Waals surface area (Å²) in [5.41, 5.74) is 0.983. The van der Waals surface area contributed by atoms with E-state index < -0.39 is 0 Å². The van der Waals surface area contributed by atoms with Gasteiger partial charge in [0.05, 0.1) is 6.42 Å². The molecule has 0 atom stereocenters. The summed E-state index contributed by atoms with van der Waals surface area (Å²) in [6, 6.07) is 4.29. The minimum absolute atomic E-state index is 0.132. The van der Waals surface area contributed by atoms with Gasteiger partial charge in [-0.15, -0.1) is 0 Å². The quantitative estimate of drug-likeness (QED) is 0.718. The van der Waals surface area contributed by atoms with Crippen LogP contribution in [0.5, 0.6) is 0 Å². The molecule has 1 aliphatic carbocycles. The van der Waals surface area contributed by atoms with Crippen LogP contribution in [0.15, 0.2) is 18.3 Å². The zero-order chi connectivity index (χ0) is 9.10. The molecule has 1 heterocycles. The summed E-state index contributed by atoms with van der Waals surface area (Å²) in [5.74, 6) is 0.132. The first kappa shape index (κ1) is 8.35. The van der Waals surface area contributed by atoms with Crippen molar-refractivity contribution in [2.75, 3.05) is 0 Å². The molecule has 0 aromatic carbocycles. The van der Waals surface area contributed by atoms with Gasteiger partial charge in [0.15, 0.2) is 0 Å². The summed E-state index contributed by atoms with van der Waals surface area (Å²) >= 11 is 0. The van der Waals surface area contributed by atoms with Gasteiger partial charge < -0.3 is 10.3 Å². The summed E-state index contributed by atoms with van der Waals surface area (Å²) in [4.78, 5) is 14.4. The molecule has 1 aromatic rings. The van der Waals surface area contributed by atoms with Gasteiger partial charge in [0.1, 0.15) is 0 Å². The average molecular weight is 178 g/mol. The highest BCUT2D eigenvalue weighted by Crippen LogP contribution is 2.17. The molecular formula is C10H14N2O. The summed E-state index contributed by atoms with van der Waals surface area (Å²) in [6.45, 7) is 0. The molecule has 1 saturated carbocycles. The smallest absolute Gasteiger partial charge is 0.226 e. The van der Waals surface area contributed by atoms with E-state index in [-0.39, 0.29) is 5.91 Å². The molecule has 2 N–H and O–H groups in total. The third kappa shape index (κ3) is 2.11. The van der Waals surface area contributed by atoms with Crippen LogP contribution in [0.2, 0.25) is 0 Å². The predicted octanol–water partition coefficient (Wildman–Crippen LogP) is 1.23. The third-order valence-electron chi connectivity index (χ3n) is 2.48. The van der Waals surface area contributed by atoms with Crippen LogP contribution in [-0.4, -0.2) is 16.9 Å². The van der Waals surface area contributed by atoms with E-state index in [4.69, 9.17) is 0 Å². The lowest BCUT2D eigenvalue weighted by Gasteiger charge is -2.26. The molecule has 70 valence electrons. The number of carbonyl (C=O) groups excluding carboxylic acids is 1. The highest BCUT2D eigenvalue weighted by molar-refractivity contribution is 5.78. The van der Waals surface area contributed by atoms with Crippen LogP contribution in [0.25, 0.3) is 0 Å². The first-order chi connectivity index (χ1) is 6.34. The Bertz CT molecular complexity index is 275. The lowest BCUT2D eigenvalue weighted by atomic mass is 9.93. The Kier molecular flexibility index (Phi) is 2.34. The lowest BCUT2D eigenvalue weighted by molar-refractivity contribution is -0.121. The number of nitrogens with one attached hydrogen (secondary N) is 2. The Balaban J connectivity index is 1.78. The van der Waals surface area contributed by atoms with Gasteiger partial charge in [-0.2, -0.15) is 0 Å². The fraction of sp³-hybridized carbons (Fsp3) is 0.500. The number of hydrogen-bond acceptors (Lipinski definition) is 1. The normalized spacial score (nSPS) is 16.6. The van der Waals surface area contributed by atoms with E-state index in [1.54, 1.807) is 0 Å². The van der Waals surface area contributed by atoms with Gasteiger partial charge in [0, 0.05) is 17.9 Å². The maximum atomic E-state index is 11.4. The number of amides is 1. The van der Waals surface area contributed by atoms with Gasteiger partial charge in [-0.25, -0.2) is 0 Å².